The van der Waals surface area contributed by atoms with Gasteiger partial charge in [-0.2, -0.15) is 0 Å². The van der Waals surface area contributed by atoms with Gasteiger partial charge in [-0.3, -0.25) is 9.69 Å². The van der Waals surface area contributed by atoms with Gasteiger partial charge in [-0.25, -0.2) is 4.79 Å². The molecular formula is C25H28N2O5. The van der Waals surface area contributed by atoms with E-state index >= 15 is 0 Å². The normalized spacial score (nSPS) is 15.4. The molecule has 1 unspecified atom stereocenters. The van der Waals surface area contributed by atoms with E-state index in [0.29, 0.717) is 23.4 Å². The van der Waals surface area contributed by atoms with Crippen LogP contribution >= 0.6 is 0 Å². The summed E-state index contributed by atoms with van der Waals surface area (Å²) in [6, 6.07) is 14.9. The molecule has 0 spiro atoms. The van der Waals surface area contributed by atoms with Crippen LogP contribution in [0.3, 0.4) is 0 Å². The Labute approximate surface area is 186 Å². The minimum absolute atomic E-state index is 0.183. The Morgan fingerprint density at radius 3 is 2.66 bits per heavy atom. The van der Waals surface area contributed by atoms with Gasteiger partial charge in [0.2, 0.25) is 0 Å². The Morgan fingerprint density at radius 1 is 1.16 bits per heavy atom. The molecule has 7 heteroatoms. The lowest BCUT2D eigenvalue weighted by Crippen LogP contribution is -2.43. The lowest BCUT2D eigenvalue weighted by atomic mass is 10.00. The standard InChI is InChI=1S/C25H28N2O5/c1-17-22(31-18(2)25(29)26-10-11-27-12-14-30-15-13-27)9-8-20-21(16-23(28)32-24(17)20)19-6-4-3-5-7-19/h3-9,16,18H,10-15H2,1-2H3,(H,26,29). The van der Waals surface area contributed by atoms with Crippen LogP contribution in [-0.2, 0) is 9.53 Å². The number of carbonyl (C=O) groups is 1. The van der Waals surface area contributed by atoms with Crippen LogP contribution in [0.2, 0.25) is 0 Å². The monoisotopic (exact) mass is 436 g/mol. The molecule has 1 saturated heterocycles. The van der Waals surface area contributed by atoms with E-state index in [1.165, 1.54) is 6.07 Å². The molecule has 7 nitrogen and oxygen atoms in total. The first kappa shape index (κ1) is 22.0. The van der Waals surface area contributed by atoms with Gasteiger partial charge in [0, 0.05) is 43.2 Å². The molecule has 1 amide bonds. The molecule has 0 radical (unpaired) electrons. The van der Waals surface area contributed by atoms with Crippen molar-refractivity contribution in [2.24, 2.45) is 0 Å². The Bertz CT molecular complexity index is 1140. The topological polar surface area (TPSA) is 81.0 Å². The van der Waals surface area contributed by atoms with Crippen molar-refractivity contribution in [3.63, 3.8) is 0 Å². The van der Waals surface area contributed by atoms with Gasteiger partial charge in [0.1, 0.15) is 11.3 Å². The van der Waals surface area contributed by atoms with Gasteiger partial charge in [0.25, 0.3) is 5.91 Å². The number of carbonyl (C=O) groups excluding carboxylic acids is 1. The number of hydrogen-bond acceptors (Lipinski definition) is 6. The smallest absolute Gasteiger partial charge is 0.336 e. The number of nitrogens with one attached hydrogen (secondary N) is 1. The third-order valence-electron chi connectivity index (χ3n) is 5.70. The van der Waals surface area contributed by atoms with E-state index in [2.05, 4.69) is 10.2 Å². The van der Waals surface area contributed by atoms with Gasteiger partial charge in [-0.15, -0.1) is 0 Å². The van der Waals surface area contributed by atoms with Gasteiger partial charge in [0.05, 0.1) is 13.2 Å². The number of morpholine rings is 1. The van der Waals surface area contributed by atoms with Crippen molar-refractivity contribution >= 4 is 16.9 Å². The minimum atomic E-state index is -0.681. The summed E-state index contributed by atoms with van der Waals surface area (Å²) >= 11 is 0. The molecule has 2 aromatic carbocycles. The van der Waals surface area contributed by atoms with Crippen LogP contribution < -0.4 is 15.7 Å². The van der Waals surface area contributed by atoms with E-state index in [0.717, 1.165) is 49.4 Å². The molecule has 4 rings (SSSR count). The molecule has 1 aliphatic rings. The van der Waals surface area contributed by atoms with Crippen LogP contribution in [-0.4, -0.2) is 56.3 Å². The van der Waals surface area contributed by atoms with Crippen LogP contribution in [0.4, 0.5) is 0 Å². The van der Waals surface area contributed by atoms with E-state index in [1.54, 1.807) is 6.92 Å². The maximum Gasteiger partial charge on any atom is 0.336 e. The summed E-state index contributed by atoms with van der Waals surface area (Å²) in [6.45, 7) is 8.11. The first-order valence-corrected chi connectivity index (χ1v) is 10.9. The first-order chi connectivity index (χ1) is 15.5. The van der Waals surface area contributed by atoms with Crippen molar-refractivity contribution in [2.75, 3.05) is 39.4 Å². The van der Waals surface area contributed by atoms with E-state index in [-0.39, 0.29) is 5.91 Å². The molecule has 2 heterocycles. The van der Waals surface area contributed by atoms with Crippen LogP contribution in [0.15, 0.2) is 57.7 Å². The van der Waals surface area contributed by atoms with Crippen molar-refractivity contribution in [1.82, 2.24) is 10.2 Å². The molecule has 1 atom stereocenters. The number of amides is 1. The third-order valence-corrected chi connectivity index (χ3v) is 5.70. The van der Waals surface area contributed by atoms with Gasteiger partial charge in [-0.05, 0) is 37.1 Å². The fraction of sp³-hybridized carbons (Fsp3) is 0.360. The second-order valence-electron chi connectivity index (χ2n) is 7.92. The lowest BCUT2D eigenvalue weighted by molar-refractivity contribution is -0.127. The number of aryl methyl sites for hydroxylation is 1. The van der Waals surface area contributed by atoms with E-state index in [1.807, 2.05) is 49.4 Å². The van der Waals surface area contributed by atoms with E-state index in [9.17, 15) is 9.59 Å². The van der Waals surface area contributed by atoms with Gasteiger partial charge in [0.15, 0.2) is 6.10 Å². The summed E-state index contributed by atoms with van der Waals surface area (Å²) in [5, 5.41) is 3.75. The molecule has 0 saturated carbocycles. The zero-order valence-corrected chi connectivity index (χ0v) is 18.4. The highest BCUT2D eigenvalue weighted by Gasteiger charge is 2.19. The van der Waals surface area contributed by atoms with Crippen LogP contribution in [0.25, 0.3) is 22.1 Å². The zero-order chi connectivity index (χ0) is 22.5. The molecule has 168 valence electrons. The summed E-state index contributed by atoms with van der Waals surface area (Å²) in [5.41, 5.74) is 2.47. The predicted octanol–water partition coefficient (Wildman–Crippen LogP) is 2.98. The number of hydrogen-bond donors (Lipinski definition) is 1. The quantitative estimate of drug-likeness (QED) is 0.574. The highest BCUT2D eigenvalue weighted by molar-refractivity contribution is 5.95. The van der Waals surface area contributed by atoms with Crippen LogP contribution in [0, 0.1) is 6.92 Å². The molecule has 1 aromatic heterocycles. The number of ether oxygens (including phenoxy) is 2. The average molecular weight is 437 g/mol. The Hall–Kier alpha value is -3.16. The molecule has 1 aliphatic heterocycles. The fourth-order valence-corrected chi connectivity index (χ4v) is 3.88. The largest absolute Gasteiger partial charge is 0.480 e. The second-order valence-corrected chi connectivity index (χ2v) is 7.92. The van der Waals surface area contributed by atoms with Crippen molar-refractivity contribution in [3.8, 4) is 16.9 Å². The number of fused-ring (bicyclic) bond motifs is 1. The summed E-state index contributed by atoms with van der Waals surface area (Å²) < 4.78 is 16.8. The summed E-state index contributed by atoms with van der Waals surface area (Å²) in [6.07, 6.45) is -0.681. The lowest BCUT2D eigenvalue weighted by Gasteiger charge is -2.26. The molecule has 0 aliphatic carbocycles. The maximum absolute atomic E-state index is 12.5. The Morgan fingerprint density at radius 2 is 1.91 bits per heavy atom. The molecule has 1 fully saturated rings. The summed E-state index contributed by atoms with van der Waals surface area (Å²) in [7, 11) is 0. The SMILES string of the molecule is Cc1c(OC(C)C(=O)NCCN2CCOCC2)ccc2c(-c3ccccc3)cc(=O)oc12. The van der Waals surface area contributed by atoms with Crippen molar-refractivity contribution in [3.05, 3.63) is 64.5 Å². The molecular weight excluding hydrogens is 408 g/mol. The molecule has 1 N–H and O–H groups in total. The fourth-order valence-electron chi connectivity index (χ4n) is 3.88. The number of nitrogens with zero attached hydrogens (tertiary/aromatic N) is 1. The van der Waals surface area contributed by atoms with E-state index < -0.39 is 11.7 Å². The van der Waals surface area contributed by atoms with Crippen molar-refractivity contribution in [2.45, 2.75) is 20.0 Å². The van der Waals surface area contributed by atoms with Gasteiger partial charge >= 0.3 is 5.63 Å². The minimum Gasteiger partial charge on any atom is -0.480 e. The maximum atomic E-state index is 12.5. The van der Waals surface area contributed by atoms with Crippen LogP contribution in [0.5, 0.6) is 5.75 Å². The molecule has 32 heavy (non-hydrogen) atoms. The highest BCUT2D eigenvalue weighted by Crippen LogP contribution is 2.33. The highest BCUT2D eigenvalue weighted by atomic mass is 16.5. The summed E-state index contributed by atoms with van der Waals surface area (Å²) in [5.74, 6) is 0.332. The summed E-state index contributed by atoms with van der Waals surface area (Å²) in [4.78, 5) is 27.0. The average Bonchev–Trinajstić information content (AvgIpc) is 2.82. The van der Waals surface area contributed by atoms with E-state index in [4.69, 9.17) is 13.9 Å². The Kier molecular flexibility index (Phi) is 6.87. The van der Waals surface area contributed by atoms with Gasteiger partial charge < -0.3 is 19.2 Å². The Balaban J connectivity index is 1.48. The molecule has 0 bridgehead atoms. The first-order valence-electron chi connectivity index (χ1n) is 10.9. The number of benzene rings is 2. The van der Waals surface area contributed by atoms with Crippen molar-refractivity contribution < 1.29 is 18.7 Å². The molecule has 3 aromatic rings. The predicted molar refractivity (Wildman–Crippen MR) is 123 cm³/mol. The van der Waals surface area contributed by atoms with Crippen LogP contribution in [0.1, 0.15) is 12.5 Å². The third kappa shape index (κ3) is 5.00. The zero-order valence-electron chi connectivity index (χ0n) is 18.4. The second kappa shape index (κ2) is 9.97. The van der Waals surface area contributed by atoms with Gasteiger partial charge in [-0.1, -0.05) is 30.3 Å². The van der Waals surface area contributed by atoms with Crippen molar-refractivity contribution in [1.29, 1.82) is 0 Å². The number of rotatable bonds is 7.